The van der Waals surface area contributed by atoms with Crippen LogP contribution in [0.25, 0.3) is 0 Å². The highest BCUT2D eigenvalue weighted by atomic mass is 16.5. The topological polar surface area (TPSA) is 47.9 Å². The monoisotopic (exact) mass is 393 g/mol. The summed E-state index contributed by atoms with van der Waals surface area (Å²) in [5.41, 5.74) is 2.69. The first-order valence-corrected chi connectivity index (χ1v) is 10.8. The van der Waals surface area contributed by atoms with Gasteiger partial charge in [0.25, 0.3) is 0 Å². The number of carbonyl (C=O) groups excluding carboxylic acids is 1. The van der Waals surface area contributed by atoms with Crippen LogP contribution in [-0.2, 0) is 11.2 Å². The lowest BCUT2D eigenvalue weighted by molar-refractivity contribution is 0.0734. The predicted octanol–water partition coefficient (Wildman–Crippen LogP) is 5.83. The first kappa shape index (κ1) is 21.1. The van der Waals surface area contributed by atoms with Crippen LogP contribution in [0.15, 0.2) is 53.5 Å². The summed E-state index contributed by atoms with van der Waals surface area (Å²) in [5, 5.41) is 0. The molecule has 0 aliphatic carbocycles. The molecule has 29 heavy (non-hydrogen) atoms. The van der Waals surface area contributed by atoms with Gasteiger partial charge in [-0.1, -0.05) is 45.2 Å². The Morgan fingerprint density at radius 1 is 1.03 bits per heavy atom. The van der Waals surface area contributed by atoms with Crippen molar-refractivity contribution in [2.45, 2.75) is 52.4 Å². The molecular formula is C25H31NO3. The lowest BCUT2D eigenvalue weighted by Crippen LogP contribution is -2.23. The molecule has 1 atom stereocenters. The average Bonchev–Trinajstić information content (AvgIpc) is 2.76. The van der Waals surface area contributed by atoms with E-state index in [0.29, 0.717) is 29.7 Å². The Hall–Kier alpha value is -2.62. The Morgan fingerprint density at radius 3 is 2.41 bits per heavy atom. The molecule has 4 heteroatoms. The van der Waals surface area contributed by atoms with Gasteiger partial charge in [-0.2, -0.15) is 0 Å². The van der Waals surface area contributed by atoms with E-state index in [1.54, 1.807) is 12.1 Å². The molecule has 0 bridgehead atoms. The second-order valence-corrected chi connectivity index (χ2v) is 7.68. The smallest absolute Gasteiger partial charge is 0.343 e. The van der Waals surface area contributed by atoms with Gasteiger partial charge in [-0.3, -0.25) is 4.99 Å². The highest BCUT2D eigenvalue weighted by Crippen LogP contribution is 2.18. The number of carbonyl (C=O) groups is 1. The van der Waals surface area contributed by atoms with Gasteiger partial charge in [0, 0.05) is 18.0 Å². The number of hydrogen-bond donors (Lipinski definition) is 0. The molecule has 0 amide bonds. The first-order chi connectivity index (χ1) is 14.2. The highest BCUT2D eigenvalue weighted by molar-refractivity contribution is 5.96. The van der Waals surface area contributed by atoms with Crippen molar-refractivity contribution in [1.82, 2.24) is 0 Å². The Bertz CT molecular complexity index is 809. The molecule has 0 spiro atoms. The summed E-state index contributed by atoms with van der Waals surface area (Å²) in [4.78, 5) is 17.0. The van der Waals surface area contributed by atoms with Crippen LogP contribution in [0.3, 0.4) is 0 Å². The molecule has 0 saturated carbocycles. The number of benzene rings is 2. The average molecular weight is 394 g/mol. The number of rotatable bonds is 9. The van der Waals surface area contributed by atoms with E-state index >= 15 is 0 Å². The molecule has 0 radical (unpaired) electrons. The molecular weight excluding hydrogens is 362 g/mol. The minimum atomic E-state index is -0.357. The Morgan fingerprint density at radius 2 is 1.79 bits per heavy atom. The van der Waals surface area contributed by atoms with Crippen LogP contribution in [-0.4, -0.2) is 25.0 Å². The molecule has 0 aromatic heterocycles. The predicted molar refractivity (Wildman–Crippen MR) is 117 cm³/mol. The van der Waals surface area contributed by atoms with Crippen molar-refractivity contribution in [3.05, 3.63) is 65.2 Å². The Kier molecular flexibility index (Phi) is 7.85. The minimum absolute atomic E-state index is 0.357. The second kappa shape index (κ2) is 10.8. The SMILES string of the molecule is CCCCCc1ccc(OC(=O)c2ccc(C3=NCC(CCC)CO3)cc2)cc1. The van der Waals surface area contributed by atoms with Crippen molar-refractivity contribution in [3.8, 4) is 5.75 Å². The molecule has 154 valence electrons. The summed E-state index contributed by atoms with van der Waals surface area (Å²) in [6, 6.07) is 15.1. The van der Waals surface area contributed by atoms with Crippen molar-refractivity contribution in [2.24, 2.45) is 10.9 Å². The quantitative estimate of drug-likeness (QED) is 0.306. The van der Waals surface area contributed by atoms with Gasteiger partial charge >= 0.3 is 5.97 Å². The minimum Gasteiger partial charge on any atom is -0.477 e. The van der Waals surface area contributed by atoms with Crippen molar-refractivity contribution in [1.29, 1.82) is 0 Å². The maximum absolute atomic E-state index is 12.4. The van der Waals surface area contributed by atoms with E-state index in [-0.39, 0.29) is 5.97 Å². The molecule has 0 saturated heterocycles. The summed E-state index contributed by atoms with van der Waals surface area (Å²) in [6.07, 6.45) is 7.00. The van der Waals surface area contributed by atoms with Crippen LogP contribution in [0.4, 0.5) is 0 Å². The molecule has 3 rings (SSSR count). The molecule has 1 aliphatic rings. The van der Waals surface area contributed by atoms with E-state index < -0.39 is 0 Å². The summed E-state index contributed by atoms with van der Waals surface area (Å²) < 4.78 is 11.3. The summed E-state index contributed by atoms with van der Waals surface area (Å²) >= 11 is 0. The van der Waals surface area contributed by atoms with Gasteiger partial charge in [-0.05, 0) is 61.2 Å². The molecule has 1 heterocycles. The second-order valence-electron chi connectivity index (χ2n) is 7.68. The number of ether oxygens (including phenoxy) is 2. The fraction of sp³-hybridized carbons (Fsp3) is 0.440. The molecule has 1 unspecified atom stereocenters. The maximum Gasteiger partial charge on any atom is 0.343 e. The van der Waals surface area contributed by atoms with Crippen molar-refractivity contribution in [2.75, 3.05) is 13.2 Å². The number of aliphatic imine (C=N–C) groups is 1. The molecule has 4 nitrogen and oxygen atoms in total. The fourth-order valence-electron chi connectivity index (χ4n) is 3.48. The zero-order chi connectivity index (χ0) is 20.5. The summed E-state index contributed by atoms with van der Waals surface area (Å²) in [6.45, 7) is 5.90. The van der Waals surface area contributed by atoms with Crippen LogP contribution in [0, 0.1) is 5.92 Å². The van der Waals surface area contributed by atoms with Crippen molar-refractivity contribution < 1.29 is 14.3 Å². The van der Waals surface area contributed by atoms with E-state index in [1.165, 1.54) is 24.8 Å². The first-order valence-electron chi connectivity index (χ1n) is 10.8. The van der Waals surface area contributed by atoms with Gasteiger partial charge in [0.05, 0.1) is 12.2 Å². The number of aryl methyl sites for hydroxylation is 1. The summed E-state index contributed by atoms with van der Waals surface area (Å²) in [5.74, 6) is 1.39. The van der Waals surface area contributed by atoms with E-state index in [9.17, 15) is 4.79 Å². The normalized spacial score (nSPS) is 16.1. The number of hydrogen-bond acceptors (Lipinski definition) is 4. The van der Waals surface area contributed by atoms with Gasteiger partial charge in [0.15, 0.2) is 0 Å². The van der Waals surface area contributed by atoms with Crippen LogP contribution < -0.4 is 4.74 Å². The molecule has 0 N–H and O–H groups in total. The molecule has 2 aromatic rings. The highest BCUT2D eigenvalue weighted by Gasteiger charge is 2.18. The van der Waals surface area contributed by atoms with E-state index in [4.69, 9.17) is 9.47 Å². The van der Waals surface area contributed by atoms with Gasteiger partial charge in [-0.25, -0.2) is 4.79 Å². The number of nitrogens with zero attached hydrogens (tertiary/aromatic N) is 1. The zero-order valence-electron chi connectivity index (χ0n) is 17.5. The summed E-state index contributed by atoms with van der Waals surface area (Å²) in [7, 11) is 0. The van der Waals surface area contributed by atoms with E-state index in [0.717, 1.165) is 31.4 Å². The van der Waals surface area contributed by atoms with Crippen molar-refractivity contribution in [3.63, 3.8) is 0 Å². The Balaban J connectivity index is 1.55. The van der Waals surface area contributed by atoms with Gasteiger partial charge in [-0.15, -0.1) is 0 Å². The van der Waals surface area contributed by atoms with Crippen LogP contribution >= 0.6 is 0 Å². The number of esters is 1. The Labute approximate surface area is 174 Å². The standard InChI is InChI=1S/C25H31NO3/c1-3-5-6-8-19-9-15-23(16-10-19)29-25(27)22-13-11-21(12-14-22)24-26-17-20(7-4-2)18-28-24/h9-16,20H,3-8,17-18H2,1-2H3. The van der Waals surface area contributed by atoms with Crippen molar-refractivity contribution >= 4 is 11.9 Å². The molecule has 1 aliphatic heterocycles. The van der Waals surface area contributed by atoms with Crippen LogP contribution in [0.5, 0.6) is 5.75 Å². The zero-order valence-corrected chi connectivity index (χ0v) is 17.5. The third-order valence-electron chi connectivity index (χ3n) is 5.22. The van der Waals surface area contributed by atoms with Crippen LogP contribution in [0.2, 0.25) is 0 Å². The lowest BCUT2D eigenvalue weighted by atomic mass is 10.0. The fourth-order valence-corrected chi connectivity index (χ4v) is 3.48. The maximum atomic E-state index is 12.4. The third kappa shape index (κ3) is 6.18. The third-order valence-corrected chi connectivity index (χ3v) is 5.22. The van der Waals surface area contributed by atoms with Crippen LogP contribution in [0.1, 0.15) is 67.4 Å². The number of unbranched alkanes of at least 4 members (excludes halogenated alkanes) is 2. The lowest BCUT2D eigenvalue weighted by Gasteiger charge is -2.21. The molecule has 0 fully saturated rings. The largest absolute Gasteiger partial charge is 0.477 e. The van der Waals surface area contributed by atoms with E-state index in [1.807, 2.05) is 36.4 Å². The van der Waals surface area contributed by atoms with Gasteiger partial charge < -0.3 is 9.47 Å². The van der Waals surface area contributed by atoms with E-state index in [2.05, 4.69) is 18.8 Å². The van der Waals surface area contributed by atoms with Gasteiger partial charge in [0.1, 0.15) is 5.75 Å². The van der Waals surface area contributed by atoms with Gasteiger partial charge in [0.2, 0.25) is 5.90 Å². The molecule has 2 aromatic carbocycles.